The third-order valence-corrected chi connectivity index (χ3v) is 3.99. The van der Waals surface area contributed by atoms with Crippen molar-refractivity contribution in [1.82, 2.24) is 4.98 Å². The fourth-order valence-corrected chi connectivity index (χ4v) is 2.84. The first-order chi connectivity index (χ1) is 10.0. The SMILES string of the molecule is Cc1nc(CNc2cc3c(cc2[N+](=O)[O-])CC(=O)N3)cs1. The van der Waals surface area contributed by atoms with Crippen molar-refractivity contribution < 1.29 is 9.72 Å². The van der Waals surface area contributed by atoms with Gasteiger partial charge in [-0.3, -0.25) is 14.9 Å². The molecule has 8 heteroatoms. The average Bonchev–Trinajstić information content (AvgIpc) is 2.99. The van der Waals surface area contributed by atoms with Crippen LogP contribution in [0.1, 0.15) is 16.3 Å². The van der Waals surface area contributed by atoms with Crippen LogP contribution in [0, 0.1) is 17.0 Å². The smallest absolute Gasteiger partial charge is 0.292 e. The summed E-state index contributed by atoms with van der Waals surface area (Å²) in [5, 5.41) is 19.7. The Labute approximate surface area is 124 Å². The lowest BCUT2D eigenvalue weighted by Crippen LogP contribution is -2.05. The molecule has 0 aliphatic carbocycles. The summed E-state index contributed by atoms with van der Waals surface area (Å²) < 4.78 is 0. The van der Waals surface area contributed by atoms with Gasteiger partial charge in [-0.05, 0) is 18.6 Å². The van der Waals surface area contributed by atoms with Crippen LogP contribution in [0.4, 0.5) is 17.1 Å². The molecule has 0 spiro atoms. The van der Waals surface area contributed by atoms with Gasteiger partial charge in [0, 0.05) is 17.1 Å². The van der Waals surface area contributed by atoms with E-state index < -0.39 is 4.92 Å². The summed E-state index contributed by atoms with van der Waals surface area (Å²) in [6.45, 7) is 2.31. The van der Waals surface area contributed by atoms with Gasteiger partial charge in [-0.25, -0.2) is 4.98 Å². The van der Waals surface area contributed by atoms with Crippen molar-refractivity contribution >= 4 is 34.3 Å². The molecule has 2 aromatic rings. The van der Waals surface area contributed by atoms with Crippen molar-refractivity contribution in [3.8, 4) is 0 Å². The molecule has 0 bridgehead atoms. The number of fused-ring (bicyclic) bond motifs is 1. The number of carbonyl (C=O) groups excluding carboxylic acids is 1. The quantitative estimate of drug-likeness (QED) is 0.668. The standard InChI is InChI=1S/C13H12N4O3S/c1-7-15-9(6-21-7)5-14-11-4-10-8(3-13(18)16-10)2-12(11)17(19)20/h2,4,6,14H,3,5H2,1H3,(H,16,18). The van der Waals surface area contributed by atoms with Crippen molar-refractivity contribution in [3.63, 3.8) is 0 Å². The van der Waals surface area contributed by atoms with Crippen molar-refractivity contribution in [3.05, 3.63) is 43.9 Å². The van der Waals surface area contributed by atoms with Crippen LogP contribution in [-0.4, -0.2) is 15.8 Å². The molecule has 1 aliphatic rings. The van der Waals surface area contributed by atoms with Crippen LogP contribution in [-0.2, 0) is 17.8 Å². The van der Waals surface area contributed by atoms with Gasteiger partial charge in [-0.2, -0.15) is 0 Å². The molecule has 1 aliphatic heterocycles. The summed E-state index contributed by atoms with van der Waals surface area (Å²) in [6.07, 6.45) is 0.182. The maximum atomic E-state index is 11.4. The molecular weight excluding hydrogens is 292 g/mol. The van der Waals surface area contributed by atoms with E-state index in [9.17, 15) is 14.9 Å². The number of nitro benzene ring substituents is 1. The van der Waals surface area contributed by atoms with Gasteiger partial charge in [-0.15, -0.1) is 11.3 Å². The molecule has 1 amide bonds. The lowest BCUT2D eigenvalue weighted by molar-refractivity contribution is -0.384. The Morgan fingerprint density at radius 2 is 2.33 bits per heavy atom. The minimum atomic E-state index is -0.447. The molecule has 7 nitrogen and oxygen atoms in total. The molecule has 1 aromatic heterocycles. The van der Waals surface area contributed by atoms with E-state index in [4.69, 9.17) is 0 Å². The summed E-state index contributed by atoms with van der Waals surface area (Å²) in [5.41, 5.74) is 2.46. The molecule has 0 radical (unpaired) electrons. The number of amides is 1. The zero-order valence-electron chi connectivity index (χ0n) is 11.2. The Morgan fingerprint density at radius 1 is 1.52 bits per heavy atom. The summed E-state index contributed by atoms with van der Waals surface area (Å²) in [5.74, 6) is -0.147. The number of nitrogens with one attached hydrogen (secondary N) is 2. The Morgan fingerprint density at radius 3 is 3.00 bits per heavy atom. The summed E-state index contributed by atoms with van der Waals surface area (Å²) >= 11 is 1.53. The molecule has 0 saturated heterocycles. The zero-order chi connectivity index (χ0) is 15.0. The molecule has 2 N–H and O–H groups in total. The number of anilines is 2. The second kappa shape index (κ2) is 5.13. The van der Waals surface area contributed by atoms with Crippen LogP contribution >= 0.6 is 11.3 Å². The van der Waals surface area contributed by atoms with Gasteiger partial charge in [0.15, 0.2) is 0 Å². The highest BCUT2D eigenvalue weighted by molar-refractivity contribution is 7.09. The van der Waals surface area contributed by atoms with E-state index in [0.29, 0.717) is 23.5 Å². The van der Waals surface area contributed by atoms with E-state index in [1.165, 1.54) is 17.4 Å². The number of nitro groups is 1. The molecule has 0 saturated carbocycles. The van der Waals surface area contributed by atoms with E-state index in [2.05, 4.69) is 15.6 Å². The highest BCUT2D eigenvalue weighted by Crippen LogP contribution is 2.34. The van der Waals surface area contributed by atoms with Crippen LogP contribution in [0.25, 0.3) is 0 Å². The molecule has 0 fully saturated rings. The number of rotatable bonds is 4. The Bertz CT molecular complexity index is 741. The monoisotopic (exact) mass is 304 g/mol. The molecule has 0 atom stereocenters. The number of hydrogen-bond acceptors (Lipinski definition) is 6. The second-order valence-corrected chi connectivity index (χ2v) is 5.78. The Hall–Kier alpha value is -2.48. The number of hydrogen-bond donors (Lipinski definition) is 2. The van der Waals surface area contributed by atoms with Gasteiger partial charge in [0.05, 0.1) is 28.6 Å². The molecule has 108 valence electrons. The number of thiazole rings is 1. The number of carbonyl (C=O) groups is 1. The molecular formula is C13H12N4O3S. The summed E-state index contributed by atoms with van der Waals surface area (Å²) in [6, 6.07) is 3.06. The van der Waals surface area contributed by atoms with Crippen molar-refractivity contribution in [2.24, 2.45) is 0 Å². The van der Waals surface area contributed by atoms with E-state index in [1.54, 1.807) is 6.07 Å². The van der Waals surface area contributed by atoms with E-state index in [-0.39, 0.29) is 18.0 Å². The molecule has 1 aromatic carbocycles. The third kappa shape index (κ3) is 2.70. The second-order valence-electron chi connectivity index (χ2n) is 4.72. The van der Waals surface area contributed by atoms with Crippen molar-refractivity contribution in [1.29, 1.82) is 0 Å². The van der Waals surface area contributed by atoms with E-state index >= 15 is 0 Å². The zero-order valence-corrected chi connectivity index (χ0v) is 12.0. The molecule has 2 heterocycles. The number of aromatic nitrogens is 1. The number of benzene rings is 1. The normalized spacial score (nSPS) is 12.9. The lowest BCUT2D eigenvalue weighted by Gasteiger charge is -2.08. The predicted molar refractivity (Wildman–Crippen MR) is 79.6 cm³/mol. The molecule has 21 heavy (non-hydrogen) atoms. The van der Waals surface area contributed by atoms with Crippen LogP contribution < -0.4 is 10.6 Å². The molecule has 3 rings (SSSR count). The predicted octanol–water partition coefficient (Wildman–Crippen LogP) is 2.47. The van der Waals surface area contributed by atoms with Gasteiger partial charge < -0.3 is 10.6 Å². The van der Waals surface area contributed by atoms with E-state index in [0.717, 1.165) is 10.7 Å². The van der Waals surface area contributed by atoms with Crippen LogP contribution in [0.5, 0.6) is 0 Å². The highest BCUT2D eigenvalue weighted by atomic mass is 32.1. The largest absolute Gasteiger partial charge is 0.374 e. The lowest BCUT2D eigenvalue weighted by atomic mass is 10.1. The first-order valence-corrected chi connectivity index (χ1v) is 7.17. The maximum Gasteiger partial charge on any atom is 0.292 e. The van der Waals surface area contributed by atoms with Crippen LogP contribution in [0.2, 0.25) is 0 Å². The summed E-state index contributed by atoms with van der Waals surface area (Å²) in [4.78, 5) is 26.4. The highest BCUT2D eigenvalue weighted by Gasteiger charge is 2.24. The van der Waals surface area contributed by atoms with Gasteiger partial charge in [0.25, 0.3) is 5.69 Å². The number of aryl methyl sites for hydroxylation is 1. The van der Waals surface area contributed by atoms with Gasteiger partial charge in [-0.1, -0.05) is 0 Å². The van der Waals surface area contributed by atoms with Crippen molar-refractivity contribution in [2.45, 2.75) is 19.9 Å². The number of nitrogens with zero attached hydrogens (tertiary/aromatic N) is 2. The first kappa shape index (κ1) is 13.5. The Balaban J connectivity index is 1.88. The van der Waals surface area contributed by atoms with Crippen LogP contribution in [0.15, 0.2) is 17.5 Å². The first-order valence-electron chi connectivity index (χ1n) is 6.29. The minimum absolute atomic E-state index is 0.0304. The van der Waals surface area contributed by atoms with Crippen molar-refractivity contribution in [2.75, 3.05) is 10.6 Å². The summed E-state index contributed by atoms with van der Waals surface area (Å²) in [7, 11) is 0. The average molecular weight is 304 g/mol. The Kier molecular flexibility index (Phi) is 3.30. The van der Waals surface area contributed by atoms with Gasteiger partial charge >= 0.3 is 0 Å². The van der Waals surface area contributed by atoms with Gasteiger partial charge in [0.1, 0.15) is 5.69 Å². The fourth-order valence-electron chi connectivity index (χ4n) is 2.23. The minimum Gasteiger partial charge on any atom is -0.374 e. The van der Waals surface area contributed by atoms with Gasteiger partial charge in [0.2, 0.25) is 5.91 Å². The third-order valence-electron chi connectivity index (χ3n) is 3.17. The van der Waals surface area contributed by atoms with E-state index in [1.807, 2.05) is 12.3 Å². The molecule has 0 unspecified atom stereocenters. The van der Waals surface area contributed by atoms with Crippen LogP contribution in [0.3, 0.4) is 0 Å². The topological polar surface area (TPSA) is 97.2 Å². The maximum absolute atomic E-state index is 11.4. The fraction of sp³-hybridized carbons (Fsp3) is 0.231.